The lowest BCUT2D eigenvalue weighted by molar-refractivity contribution is -0.116. The summed E-state index contributed by atoms with van der Waals surface area (Å²) in [5.41, 5.74) is 2.56. The van der Waals surface area contributed by atoms with Crippen molar-refractivity contribution < 1.29 is 4.79 Å². The van der Waals surface area contributed by atoms with Crippen molar-refractivity contribution in [1.29, 1.82) is 0 Å². The fourth-order valence-electron chi connectivity index (χ4n) is 6.23. The zero-order valence-electron chi connectivity index (χ0n) is 17.1. The molecule has 0 N–H and O–H groups in total. The van der Waals surface area contributed by atoms with Crippen LogP contribution in [-0.2, 0) is 4.79 Å². The van der Waals surface area contributed by atoms with Crippen LogP contribution in [0, 0.1) is 28.6 Å². The quantitative estimate of drug-likeness (QED) is 0.480. The van der Waals surface area contributed by atoms with Gasteiger partial charge in [-0.15, -0.1) is 0 Å². The van der Waals surface area contributed by atoms with E-state index >= 15 is 0 Å². The second kappa shape index (κ2) is 7.75. The van der Waals surface area contributed by atoms with Crippen LogP contribution in [0.5, 0.6) is 0 Å². The molecular formula is C23H40O. The first-order chi connectivity index (χ1) is 11.2. The number of hydrogen-bond donors (Lipinski definition) is 0. The minimum absolute atomic E-state index is 0.305. The summed E-state index contributed by atoms with van der Waals surface area (Å²) in [5.74, 6) is 2.94. The number of carbonyl (C=O) groups excluding carboxylic acids is 1. The highest BCUT2D eigenvalue weighted by molar-refractivity contribution is 5.75. The van der Waals surface area contributed by atoms with E-state index in [1.165, 1.54) is 50.5 Å². The molecule has 0 heterocycles. The molecule has 0 radical (unpaired) electrons. The van der Waals surface area contributed by atoms with Gasteiger partial charge in [0.15, 0.2) is 0 Å². The van der Waals surface area contributed by atoms with E-state index in [-0.39, 0.29) is 0 Å². The summed E-state index contributed by atoms with van der Waals surface area (Å²) in [7, 11) is 0. The summed E-state index contributed by atoms with van der Waals surface area (Å²) < 4.78 is 0. The van der Waals surface area contributed by atoms with Crippen LogP contribution < -0.4 is 0 Å². The average molecular weight is 333 g/mol. The molecule has 2 rings (SSSR count). The molecule has 2 fully saturated rings. The Kier molecular flexibility index (Phi) is 6.37. The smallest absolute Gasteiger partial charge is 0.130 e. The molecule has 0 aromatic carbocycles. The molecule has 4 atom stereocenters. The maximum absolute atomic E-state index is 11.1. The van der Waals surface area contributed by atoms with Gasteiger partial charge in [-0.25, -0.2) is 0 Å². The van der Waals surface area contributed by atoms with Crippen LogP contribution in [0.15, 0.2) is 11.6 Å². The van der Waals surface area contributed by atoms with Gasteiger partial charge >= 0.3 is 0 Å². The highest BCUT2D eigenvalue weighted by atomic mass is 16.1. The zero-order chi connectivity index (χ0) is 18.0. The summed E-state index contributed by atoms with van der Waals surface area (Å²) in [4.78, 5) is 11.1. The molecule has 138 valence electrons. The largest absolute Gasteiger partial charge is 0.300 e. The number of hydrogen-bond acceptors (Lipinski definition) is 1. The summed E-state index contributed by atoms with van der Waals surface area (Å²) >= 11 is 0. The van der Waals surface area contributed by atoms with Crippen LogP contribution in [0.25, 0.3) is 0 Å². The predicted molar refractivity (Wildman–Crippen MR) is 104 cm³/mol. The standard InChI is InChI=1S/C23H40O/c1-17(9-7-10-19(3)24)11-13-20-18(2)12-14-21-22(4,5)15-8-16-23(20,21)6/h9,18,20-21H,7-8,10-16H2,1-6H3/t18-,20+,21+,23+/m0/s1. The molecular weight excluding hydrogens is 292 g/mol. The van der Waals surface area contributed by atoms with Gasteiger partial charge in [0.05, 0.1) is 0 Å². The van der Waals surface area contributed by atoms with Crippen molar-refractivity contribution in [1.82, 2.24) is 0 Å². The highest BCUT2D eigenvalue weighted by Gasteiger charge is 2.53. The minimum atomic E-state index is 0.305. The first-order valence-corrected chi connectivity index (χ1v) is 10.3. The molecule has 0 amide bonds. The van der Waals surface area contributed by atoms with E-state index in [2.05, 4.69) is 40.7 Å². The van der Waals surface area contributed by atoms with Gasteiger partial charge in [0.25, 0.3) is 0 Å². The van der Waals surface area contributed by atoms with Gasteiger partial charge in [0, 0.05) is 6.42 Å². The Morgan fingerprint density at radius 2 is 1.79 bits per heavy atom. The maximum Gasteiger partial charge on any atom is 0.130 e. The summed E-state index contributed by atoms with van der Waals surface area (Å²) in [6, 6.07) is 0. The van der Waals surface area contributed by atoms with Crippen molar-refractivity contribution in [2.45, 2.75) is 99.3 Å². The number of carbonyl (C=O) groups is 1. The molecule has 1 heteroatoms. The first kappa shape index (κ1) is 19.7. The molecule has 0 saturated heterocycles. The van der Waals surface area contributed by atoms with Crippen molar-refractivity contribution in [3.05, 3.63) is 11.6 Å². The molecule has 24 heavy (non-hydrogen) atoms. The van der Waals surface area contributed by atoms with Gasteiger partial charge in [-0.05, 0) is 81.0 Å². The lowest BCUT2D eigenvalue weighted by Gasteiger charge is -2.59. The van der Waals surface area contributed by atoms with Crippen molar-refractivity contribution in [2.75, 3.05) is 0 Å². The molecule has 2 aliphatic carbocycles. The van der Waals surface area contributed by atoms with Crippen LogP contribution in [0.4, 0.5) is 0 Å². The summed E-state index contributed by atoms with van der Waals surface area (Å²) in [6.07, 6.45) is 13.6. The Hall–Kier alpha value is -0.590. The SMILES string of the molecule is CC(=O)CCC=C(C)CC[C@@H]1[C@@H](C)CC[C@@H]2C(C)(C)CCC[C@]12C. The van der Waals surface area contributed by atoms with Crippen LogP contribution in [0.2, 0.25) is 0 Å². The Balaban J connectivity index is 2.03. The van der Waals surface area contributed by atoms with Gasteiger partial charge in [0.2, 0.25) is 0 Å². The third kappa shape index (κ3) is 4.33. The third-order valence-electron chi connectivity index (χ3n) is 7.56. The first-order valence-electron chi connectivity index (χ1n) is 10.3. The Bertz CT molecular complexity index is 472. The van der Waals surface area contributed by atoms with E-state index in [0.29, 0.717) is 23.0 Å². The number of fused-ring (bicyclic) bond motifs is 1. The van der Waals surface area contributed by atoms with Crippen molar-refractivity contribution in [3.8, 4) is 0 Å². The fourth-order valence-corrected chi connectivity index (χ4v) is 6.23. The number of ketones is 1. The van der Waals surface area contributed by atoms with E-state index < -0.39 is 0 Å². The van der Waals surface area contributed by atoms with Crippen molar-refractivity contribution in [3.63, 3.8) is 0 Å². The molecule has 2 saturated carbocycles. The predicted octanol–water partition coefficient (Wildman–Crippen LogP) is 6.96. The topological polar surface area (TPSA) is 17.1 Å². The number of allylic oxidation sites excluding steroid dienone is 2. The van der Waals surface area contributed by atoms with Gasteiger partial charge < -0.3 is 4.79 Å². The van der Waals surface area contributed by atoms with E-state index in [1.54, 1.807) is 6.92 Å². The van der Waals surface area contributed by atoms with Gasteiger partial charge in [-0.2, -0.15) is 0 Å². The van der Waals surface area contributed by atoms with E-state index in [4.69, 9.17) is 0 Å². The zero-order valence-corrected chi connectivity index (χ0v) is 17.1. The summed E-state index contributed by atoms with van der Waals surface area (Å²) in [5, 5.41) is 0. The maximum atomic E-state index is 11.1. The number of rotatable bonds is 6. The monoisotopic (exact) mass is 332 g/mol. The van der Waals surface area contributed by atoms with Crippen LogP contribution >= 0.6 is 0 Å². The van der Waals surface area contributed by atoms with Gasteiger partial charge in [-0.1, -0.05) is 52.2 Å². The Morgan fingerprint density at radius 3 is 2.46 bits per heavy atom. The molecule has 1 nitrogen and oxygen atoms in total. The van der Waals surface area contributed by atoms with Crippen molar-refractivity contribution in [2.24, 2.45) is 28.6 Å². The molecule has 0 aliphatic heterocycles. The van der Waals surface area contributed by atoms with E-state index in [0.717, 1.165) is 24.2 Å². The highest BCUT2D eigenvalue weighted by Crippen LogP contribution is 2.62. The lowest BCUT2D eigenvalue weighted by Crippen LogP contribution is -2.51. The van der Waals surface area contributed by atoms with Gasteiger partial charge in [-0.3, -0.25) is 0 Å². The van der Waals surface area contributed by atoms with Crippen molar-refractivity contribution >= 4 is 5.78 Å². The Labute approximate surface area is 150 Å². The molecule has 2 aliphatic rings. The molecule has 0 aromatic heterocycles. The van der Waals surface area contributed by atoms with Crippen LogP contribution in [-0.4, -0.2) is 5.78 Å². The minimum Gasteiger partial charge on any atom is -0.300 e. The number of Topliss-reactive ketones (excluding diaryl/α,β-unsaturated/α-hetero) is 1. The Morgan fingerprint density at radius 1 is 1.08 bits per heavy atom. The fraction of sp³-hybridized carbons (Fsp3) is 0.870. The molecule has 0 spiro atoms. The van der Waals surface area contributed by atoms with Crippen LogP contribution in [0.3, 0.4) is 0 Å². The second-order valence-corrected chi connectivity index (χ2v) is 9.89. The van der Waals surface area contributed by atoms with Crippen LogP contribution in [0.1, 0.15) is 99.3 Å². The lowest BCUT2D eigenvalue weighted by atomic mass is 9.46. The molecule has 0 unspecified atom stereocenters. The third-order valence-corrected chi connectivity index (χ3v) is 7.56. The second-order valence-electron chi connectivity index (χ2n) is 9.89. The normalized spacial score (nSPS) is 36.2. The molecule has 0 bridgehead atoms. The summed E-state index contributed by atoms with van der Waals surface area (Å²) in [6.45, 7) is 14.1. The molecule has 0 aromatic rings. The van der Waals surface area contributed by atoms with E-state index in [1.807, 2.05) is 0 Å². The average Bonchev–Trinajstić information content (AvgIpc) is 2.45. The van der Waals surface area contributed by atoms with E-state index in [9.17, 15) is 4.79 Å². The van der Waals surface area contributed by atoms with Gasteiger partial charge in [0.1, 0.15) is 5.78 Å².